The van der Waals surface area contributed by atoms with E-state index in [1.165, 1.54) is 0 Å². The van der Waals surface area contributed by atoms with Crippen molar-refractivity contribution in [3.8, 4) is 0 Å². The Bertz CT molecular complexity index is 439. The van der Waals surface area contributed by atoms with E-state index < -0.39 is 0 Å². The first-order valence-corrected chi connectivity index (χ1v) is 7.08. The normalized spacial score (nSPS) is 23.1. The minimum absolute atomic E-state index is 0.158. The lowest BCUT2D eigenvalue weighted by Crippen LogP contribution is -2.50. The number of aryl methyl sites for hydroxylation is 1. The van der Waals surface area contributed by atoms with Gasteiger partial charge in [-0.05, 0) is 44.9 Å². The minimum Gasteiger partial charge on any atom is -0.350 e. The van der Waals surface area contributed by atoms with Crippen LogP contribution in [-0.2, 0) is 11.3 Å². The average Bonchev–Trinajstić information content (AvgIpc) is 2.45. The summed E-state index contributed by atoms with van der Waals surface area (Å²) in [6.07, 6.45) is 2.93. The Morgan fingerprint density at radius 3 is 3.00 bits per heavy atom. The van der Waals surface area contributed by atoms with Crippen LogP contribution in [0.15, 0.2) is 18.2 Å². The number of hydrogen-bond acceptors (Lipinski definition) is 3. The van der Waals surface area contributed by atoms with Crippen molar-refractivity contribution in [3.05, 3.63) is 29.6 Å². The van der Waals surface area contributed by atoms with Crippen LogP contribution in [0.3, 0.4) is 0 Å². The molecule has 0 radical (unpaired) electrons. The standard InChI is InChI=1S/C15H23N3O/c1-3-15(8-5-9-16-11-15)14(19)17-10-13-7-4-6-12(2)18-13/h4,6-7,16H,3,5,8-11H2,1-2H3,(H,17,19). The fourth-order valence-electron chi connectivity index (χ4n) is 2.68. The summed E-state index contributed by atoms with van der Waals surface area (Å²) in [5, 5.41) is 6.38. The molecule has 4 heteroatoms. The van der Waals surface area contributed by atoms with Gasteiger partial charge < -0.3 is 10.6 Å². The number of carbonyl (C=O) groups is 1. The van der Waals surface area contributed by atoms with Crippen LogP contribution in [0.25, 0.3) is 0 Å². The molecule has 1 aromatic heterocycles. The number of pyridine rings is 1. The Morgan fingerprint density at radius 1 is 1.53 bits per heavy atom. The molecule has 19 heavy (non-hydrogen) atoms. The van der Waals surface area contributed by atoms with Gasteiger partial charge in [-0.25, -0.2) is 0 Å². The fraction of sp³-hybridized carbons (Fsp3) is 0.600. The smallest absolute Gasteiger partial charge is 0.227 e. The maximum atomic E-state index is 12.4. The first-order chi connectivity index (χ1) is 9.16. The molecule has 1 aromatic rings. The van der Waals surface area contributed by atoms with Crippen molar-refractivity contribution in [1.29, 1.82) is 0 Å². The highest BCUT2D eigenvalue weighted by molar-refractivity contribution is 5.82. The fourth-order valence-corrected chi connectivity index (χ4v) is 2.68. The Kier molecular flexibility index (Phi) is 4.53. The number of amides is 1. The molecule has 0 bridgehead atoms. The number of piperidine rings is 1. The summed E-state index contributed by atoms with van der Waals surface area (Å²) in [5.74, 6) is 0.158. The molecule has 1 atom stereocenters. The number of rotatable bonds is 4. The van der Waals surface area contributed by atoms with Gasteiger partial charge in [0.05, 0.1) is 17.7 Å². The monoisotopic (exact) mass is 261 g/mol. The van der Waals surface area contributed by atoms with Crippen LogP contribution in [0.2, 0.25) is 0 Å². The molecule has 0 spiro atoms. The quantitative estimate of drug-likeness (QED) is 0.869. The van der Waals surface area contributed by atoms with E-state index in [9.17, 15) is 4.79 Å². The molecule has 1 aliphatic rings. The van der Waals surface area contributed by atoms with Crippen molar-refractivity contribution >= 4 is 5.91 Å². The topological polar surface area (TPSA) is 54.0 Å². The zero-order valence-electron chi connectivity index (χ0n) is 11.8. The Balaban J connectivity index is 1.96. The third-order valence-electron chi connectivity index (χ3n) is 4.01. The highest BCUT2D eigenvalue weighted by Crippen LogP contribution is 2.30. The van der Waals surface area contributed by atoms with Gasteiger partial charge in [0.25, 0.3) is 0 Å². The van der Waals surface area contributed by atoms with Crippen molar-refractivity contribution in [1.82, 2.24) is 15.6 Å². The van der Waals surface area contributed by atoms with Gasteiger partial charge in [0, 0.05) is 12.2 Å². The number of aromatic nitrogens is 1. The van der Waals surface area contributed by atoms with Crippen LogP contribution in [0.1, 0.15) is 37.6 Å². The lowest BCUT2D eigenvalue weighted by atomic mass is 9.77. The van der Waals surface area contributed by atoms with Gasteiger partial charge in [-0.3, -0.25) is 9.78 Å². The Labute approximate surface area is 115 Å². The second kappa shape index (κ2) is 6.15. The van der Waals surface area contributed by atoms with Gasteiger partial charge in [-0.1, -0.05) is 13.0 Å². The molecular formula is C15H23N3O. The van der Waals surface area contributed by atoms with Crippen LogP contribution < -0.4 is 10.6 Å². The summed E-state index contributed by atoms with van der Waals surface area (Å²) in [7, 11) is 0. The molecule has 1 aliphatic heterocycles. The molecule has 2 heterocycles. The van der Waals surface area contributed by atoms with E-state index in [1.54, 1.807) is 0 Å². The van der Waals surface area contributed by atoms with Crippen LogP contribution in [-0.4, -0.2) is 24.0 Å². The van der Waals surface area contributed by atoms with Crippen molar-refractivity contribution < 1.29 is 4.79 Å². The summed E-state index contributed by atoms with van der Waals surface area (Å²) >= 11 is 0. The third kappa shape index (κ3) is 3.32. The highest BCUT2D eigenvalue weighted by Gasteiger charge is 2.37. The van der Waals surface area contributed by atoms with Crippen LogP contribution in [0.4, 0.5) is 0 Å². The van der Waals surface area contributed by atoms with Crippen molar-refractivity contribution in [2.24, 2.45) is 5.41 Å². The van der Waals surface area contributed by atoms with Gasteiger partial charge in [-0.2, -0.15) is 0 Å². The second-order valence-electron chi connectivity index (χ2n) is 5.37. The zero-order valence-corrected chi connectivity index (χ0v) is 11.8. The summed E-state index contributed by atoms with van der Waals surface area (Å²) in [5.41, 5.74) is 1.67. The lowest BCUT2D eigenvalue weighted by molar-refractivity contribution is -0.132. The van der Waals surface area contributed by atoms with Gasteiger partial charge >= 0.3 is 0 Å². The molecule has 1 unspecified atom stereocenters. The average molecular weight is 261 g/mol. The molecule has 104 valence electrons. The molecule has 2 rings (SSSR count). The minimum atomic E-state index is -0.234. The second-order valence-corrected chi connectivity index (χ2v) is 5.37. The zero-order chi connectivity index (χ0) is 13.7. The summed E-state index contributed by atoms with van der Waals surface area (Å²) in [6, 6.07) is 5.89. The number of nitrogens with zero attached hydrogens (tertiary/aromatic N) is 1. The van der Waals surface area contributed by atoms with Crippen molar-refractivity contribution in [2.75, 3.05) is 13.1 Å². The van der Waals surface area contributed by atoms with E-state index in [0.29, 0.717) is 6.54 Å². The predicted octanol–water partition coefficient (Wildman–Crippen LogP) is 1.79. The van der Waals surface area contributed by atoms with Crippen molar-refractivity contribution in [2.45, 2.75) is 39.7 Å². The largest absolute Gasteiger partial charge is 0.350 e. The van der Waals surface area contributed by atoms with Crippen LogP contribution >= 0.6 is 0 Å². The summed E-state index contributed by atoms with van der Waals surface area (Å²) < 4.78 is 0. The molecule has 1 fully saturated rings. The van der Waals surface area contributed by atoms with E-state index in [4.69, 9.17) is 0 Å². The van der Waals surface area contributed by atoms with Gasteiger partial charge in [-0.15, -0.1) is 0 Å². The molecule has 0 aliphatic carbocycles. The number of hydrogen-bond donors (Lipinski definition) is 2. The SMILES string of the molecule is CCC1(C(=O)NCc2cccc(C)n2)CCCNC1. The van der Waals surface area contributed by atoms with Crippen LogP contribution in [0, 0.1) is 12.3 Å². The maximum absolute atomic E-state index is 12.4. The Hall–Kier alpha value is -1.42. The summed E-state index contributed by atoms with van der Waals surface area (Å²) in [4.78, 5) is 16.8. The molecular weight excluding hydrogens is 238 g/mol. The third-order valence-corrected chi connectivity index (χ3v) is 4.01. The molecule has 1 saturated heterocycles. The van der Waals surface area contributed by atoms with Gasteiger partial charge in [0.2, 0.25) is 5.91 Å². The van der Waals surface area contributed by atoms with E-state index in [0.717, 1.165) is 43.7 Å². The van der Waals surface area contributed by atoms with E-state index in [-0.39, 0.29) is 11.3 Å². The van der Waals surface area contributed by atoms with Crippen molar-refractivity contribution in [3.63, 3.8) is 0 Å². The first-order valence-electron chi connectivity index (χ1n) is 7.08. The summed E-state index contributed by atoms with van der Waals surface area (Å²) in [6.45, 7) is 6.38. The first kappa shape index (κ1) is 14.0. The molecule has 1 amide bonds. The van der Waals surface area contributed by atoms with E-state index in [1.807, 2.05) is 25.1 Å². The van der Waals surface area contributed by atoms with E-state index >= 15 is 0 Å². The van der Waals surface area contributed by atoms with Crippen LogP contribution in [0.5, 0.6) is 0 Å². The maximum Gasteiger partial charge on any atom is 0.227 e. The van der Waals surface area contributed by atoms with E-state index in [2.05, 4.69) is 22.5 Å². The Morgan fingerprint density at radius 2 is 2.37 bits per heavy atom. The molecule has 0 aromatic carbocycles. The molecule has 0 saturated carbocycles. The highest BCUT2D eigenvalue weighted by atomic mass is 16.2. The van der Waals surface area contributed by atoms with Gasteiger partial charge in [0.1, 0.15) is 0 Å². The number of carbonyl (C=O) groups excluding carboxylic acids is 1. The number of nitrogens with one attached hydrogen (secondary N) is 2. The molecule has 2 N–H and O–H groups in total. The van der Waals surface area contributed by atoms with Gasteiger partial charge in [0.15, 0.2) is 0 Å². The molecule has 4 nitrogen and oxygen atoms in total. The predicted molar refractivity (Wildman–Crippen MR) is 75.6 cm³/mol. The lowest BCUT2D eigenvalue weighted by Gasteiger charge is -2.35.